The predicted octanol–water partition coefficient (Wildman–Crippen LogP) is 8.52. The smallest absolute Gasteiger partial charge is 0.180 e. The molecule has 0 aliphatic carbocycles. The largest absolute Gasteiger partial charge is 0.309 e. The van der Waals surface area contributed by atoms with Gasteiger partial charge in [0.2, 0.25) is 0 Å². The summed E-state index contributed by atoms with van der Waals surface area (Å²) < 4.78 is 6.37. The van der Waals surface area contributed by atoms with Crippen LogP contribution in [0.25, 0.3) is 72.1 Å². The van der Waals surface area contributed by atoms with Crippen molar-refractivity contribution in [1.82, 2.24) is 29.1 Å². The van der Waals surface area contributed by atoms with Gasteiger partial charge in [0.25, 0.3) is 0 Å². The molecule has 9 aromatic rings. The van der Waals surface area contributed by atoms with Gasteiger partial charge >= 0.3 is 0 Å². The second kappa shape index (κ2) is 9.26. The SMILES string of the molecule is c1ccc(-c2ccc3c4ccccc4n(-c4cccc(-n5cc(-n6c7ccccc7c7ccccc76)nn5)c4)c3c2)nc1. The molecule has 0 radical (unpaired) electrons. The zero-order valence-electron chi connectivity index (χ0n) is 23.0. The molecule has 0 fully saturated rings. The molecule has 202 valence electrons. The molecular formula is C37H24N6. The topological polar surface area (TPSA) is 53.5 Å². The highest BCUT2D eigenvalue weighted by Crippen LogP contribution is 2.35. The number of hydrogen-bond acceptors (Lipinski definition) is 3. The molecule has 6 heteroatoms. The van der Waals surface area contributed by atoms with Crippen LogP contribution in [0.15, 0.2) is 146 Å². The Morgan fingerprint density at radius 2 is 1.09 bits per heavy atom. The van der Waals surface area contributed by atoms with Crippen LogP contribution in [0.4, 0.5) is 0 Å². The second-order valence-corrected chi connectivity index (χ2v) is 10.7. The van der Waals surface area contributed by atoms with E-state index in [1.54, 1.807) is 0 Å². The summed E-state index contributed by atoms with van der Waals surface area (Å²) in [7, 11) is 0. The van der Waals surface area contributed by atoms with Crippen LogP contribution in [-0.4, -0.2) is 29.1 Å². The Morgan fingerprint density at radius 1 is 0.465 bits per heavy atom. The summed E-state index contributed by atoms with van der Waals surface area (Å²) in [6.07, 6.45) is 3.84. The molecule has 0 aliphatic rings. The normalized spacial score (nSPS) is 11.7. The van der Waals surface area contributed by atoms with E-state index < -0.39 is 0 Å². The Morgan fingerprint density at radius 3 is 1.79 bits per heavy atom. The van der Waals surface area contributed by atoms with Gasteiger partial charge in [0.1, 0.15) is 0 Å². The van der Waals surface area contributed by atoms with Crippen LogP contribution in [0.3, 0.4) is 0 Å². The molecule has 5 aromatic carbocycles. The van der Waals surface area contributed by atoms with Gasteiger partial charge in [-0.15, -0.1) is 5.10 Å². The second-order valence-electron chi connectivity index (χ2n) is 10.7. The lowest BCUT2D eigenvalue weighted by atomic mass is 10.1. The van der Waals surface area contributed by atoms with E-state index in [0.717, 1.165) is 50.5 Å². The van der Waals surface area contributed by atoms with E-state index in [0.29, 0.717) is 0 Å². The van der Waals surface area contributed by atoms with Crippen LogP contribution in [0.5, 0.6) is 0 Å². The van der Waals surface area contributed by atoms with E-state index in [2.05, 4.69) is 140 Å². The summed E-state index contributed by atoms with van der Waals surface area (Å²) in [5.41, 5.74) is 8.52. The zero-order chi connectivity index (χ0) is 28.3. The molecule has 0 unspecified atom stereocenters. The molecular weight excluding hydrogens is 528 g/mol. The number of hydrogen-bond donors (Lipinski definition) is 0. The first-order valence-corrected chi connectivity index (χ1v) is 14.3. The first kappa shape index (κ1) is 23.7. The van der Waals surface area contributed by atoms with E-state index in [-0.39, 0.29) is 0 Å². The molecule has 9 rings (SSSR count). The van der Waals surface area contributed by atoms with Gasteiger partial charge < -0.3 is 4.57 Å². The number of para-hydroxylation sites is 3. The van der Waals surface area contributed by atoms with Crippen molar-refractivity contribution in [1.29, 1.82) is 0 Å². The van der Waals surface area contributed by atoms with Crippen molar-refractivity contribution in [3.05, 3.63) is 146 Å². The summed E-state index contributed by atoms with van der Waals surface area (Å²) in [6, 6.07) is 46.5. The Labute approximate surface area is 246 Å². The van der Waals surface area contributed by atoms with Gasteiger partial charge in [-0.25, -0.2) is 4.68 Å². The number of pyridine rings is 1. The predicted molar refractivity (Wildman–Crippen MR) is 173 cm³/mol. The average Bonchev–Trinajstić information content (AvgIpc) is 3.78. The van der Waals surface area contributed by atoms with Crippen LogP contribution in [0, 0.1) is 0 Å². The van der Waals surface area contributed by atoms with Crippen LogP contribution in [0.1, 0.15) is 0 Å². The third-order valence-electron chi connectivity index (χ3n) is 8.28. The van der Waals surface area contributed by atoms with Crippen molar-refractivity contribution in [2.45, 2.75) is 0 Å². The van der Waals surface area contributed by atoms with Crippen LogP contribution < -0.4 is 0 Å². The average molecular weight is 553 g/mol. The maximum Gasteiger partial charge on any atom is 0.180 e. The molecule has 0 bridgehead atoms. The monoisotopic (exact) mass is 552 g/mol. The number of nitrogens with zero attached hydrogens (tertiary/aromatic N) is 6. The van der Waals surface area contributed by atoms with Gasteiger partial charge in [-0.3, -0.25) is 9.55 Å². The maximum absolute atomic E-state index is 4.63. The van der Waals surface area contributed by atoms with Gasteiger partial charge in [0, 0.05) is 39.0 Å². The maximum atomic E-state index is 4.63. The lowest BCUT2D eigenvalue weighted by molar-refractivity contribution is 0.800. The number of benzene rings is 5. The fourth-order valence-electron chi connectivity index (χ4n) is 6.37. The quantitative estimate of drug-likeness (QED) is 0.220. The van der Waals surface area contributed by atoms with Crippen LogP contribution in [-0.2, 0) is 0 Å². The summed E-state index contributed by atoms with van der Waals surface area (Å²) in [5, 5.41) is 14.0. The van der Waals surface area contributed by atoms with Crippen molar-refractivity contribution < 1.29 is 0 Å². The van der Waals surface area contributed by atoms with E-state index in [4.69, 9.17) is 0 Å². The van der Waals surface area contributed by atoms with Gasteiger partial charge in [0.05, 0.1) is 39.6 Å². The molecule has 6 nitrogen and oxygen atoms in total. The molecule has 0 atom stereocenters. The highest BCUT2D eigenvalue weighted by atomic mass is 15.4. The highest BCUT2D eigenvalue weighted by Gasteiger charge is 2.16. The summed E-state index contributed by atoms with van der Waals surface area (Å²) in [6.45, 7) is 0. The van der Waals surface area contributed by atoms with Crippen molar-refractivity contribution in [3.8, 4) is 28.5 Å². The van der Waals surface area contributed by atoms with Gasteiger partial charge in [0.15, 0.2) is 5.82 Å². The van der Waals surface area contributed by atoms with Crippen molar-refractivity contribution in [2.24, 2.45) is 0 Å². The summed E-state index contributed by atoms with van der Waals surface area (Å²) in [4.78, 5) is 4.60. The Kier molecular flexibility index (Phi) is 5.10. The zero-order valence-corrected chi connectivity index (χ0v) is 23.0. The van der Waals surface area contributed by atoms with Gasteiger partial charge in [-0.1, -0.05) is 84.1 Å². The Bertz CT molecular complexity index is 2410. The highest BCUT2D eigenvalue weighted by molar-refractivity contribution is 6.10. The third kappa shape index (κ3) is 3.63. The van der Waals surface area contributed by atoms with Gasteiger partial charge in [-0.05, 0) is 54.6 Å². The Hall–Kier alpha value is -6.01. The summed E-state index contributed by atoms with van der Waals surface area (Å²) in [5.74, 6) is 0.777. The molecule has 0 amide bonds. The molecule has 4 aromatic heterocycles. The van der Waals surface area contributed by atoms with Crippen molar-refractivity contribution in [2.75, 3.05) is 0 Å². The lowest BCUT2D eigenvalue weighted by Gasteiger charge is -2.10. The molecule has 0 saturated carbocycles. The molecule has 4 heterocycles. The minimum absolute atomic E-state index is 0.777. The van der Waals surface area contributed by atoms with E-state index in [1.807, 2.05) is 35.3 Å². The molecule has 0 N–H and O–H groups in total. The van der Waals surface area contributed by atoms with Crippen LogP contribution in [0.2, 0.25) is 0 Å². The van der Waals surface area contributed by atoms with Crippen molar-refractivity contribution in [3.63, 3.8) is 0 Å². The van der Waals surface area contributed by atoms with Gasteiger partial charge in [-0.2, -0.15) is 0 Å². The summed E-state index contributed by atoms with van der Waals surface area (Å²) >= 11 is 0. The number of fused-ring (bicyclic) bond motifs is 6. The van der Waals surface area contributed by atoms with Crippen molar-refractivity contribution >= 4 is 43.6 Å². The van der Waals surface area contributed by atoms with E-state index >= 15 is 0 Å². The minimum Gasteiger partial charge on any atom is -0.309 e. The first-order valence-electron chi connectivity index (χ1n) is 14.3. The standard InChI is InChI=1S/C37H24N6/c1-4-16-33-30(14-1)31-20-19-25(32-15-7-8-21-38-32)22-36(31)42(33)27-11-9-10-26(23-27)41-24-37(39-40-41)43-34-17-5-2-12-28(34)29-13-3-6-18-35(29)43/h1-24H. The first-order chi connectivity index (χ1) is 21.3. The number of aromatic nitrogens is 6. The fourth-order valence-corrected chi connectivity index (χ4v) is 6.37. The van der Waals surface area contributed by atoms with E-state index in [1.165, 1.54) is 21.5 Å². The minimum atomic E-state index is 0.777. The molecule has 0 aliphatic heterocycles. The lowest BCUT2D eigenvalue weighted by Crippen LogP contribution is -1.99. The fraction of sp³-hybridized carbons (Fsp3) is 0. The third-order valence-corrected chi connectivity index (χ3v) is 8.28. The van der Waals surface area contributed by atoms with E-state index in [9.17, 15) is 0 Å². The number of rotatable bonds is 4. The molecule has 0 saturated heterocycles. The molecule has 43 heavy (non-hydrogen) atoms. The van der Waals surface area contributed by atoms with Crippen LogP contribution >= 0.6 is 0 Å². The molecule has 0 spiro atoms. The Balaban J connectivity index is 1.20.